The molecule has 0 heterocycles. The average molecular weight is 547 g/mol. The molecule has 5 rings (SSSR count). The molecule has 0 fully saturated rings. The van der Waals surface area contributed by atoms with Crippen molar-refractivity contribution in [3.05, 3.63) is 86.9 Å². The summed E-state index contributed by atoms with van der Waals surface area (Å²) in [4.78, 5) is 41.0. The van der Waals surface area contributed by atoms with Gasteiger partial charge in [0.15, 0.2) is 11.4 Å². The number of nitrogens with zero attached hydrogens (tertiary/aromatic N) is 1. The summed E-state index contributed by atoms with van der Waals surface area (Å²) in [5.74, 6) is -8.77. The molecule has 0 radical (unpaired) electrons. The summed E-state index contributed by atoms with van der Waals surface area (Å²) in [6.07, 6.45) is -0.00347. The summed E-state index contributed by atoms with van der Waals surface area (Å²) in [6, 6.07) is 8.83. The van der Waals surface area contributed by atoms with E-state index in [0.717, 1.165) is 11.1 Å². The van der Waals surface area contributed by atoms with Gasteiger partial charge in [-0.05, 0) is 50.7 Å². The van der Waals surface area contributed by atoms with Crippen molar-refractivity contribution >= 4 is 29.1 Å². The van der Waals surface area contributed by atoms with E-state index >= 15 is 0 Å². The van der Waals surface area contributed by atoms with Gasteiger partial charge in [-0.1, -0.05) is 47.5 Å². The predicted molar refractivity (Wildman–Crippen MR) is 145 cm³/mol. The molecule has 2 aromatic rings. The van der Waals surface area contributed by atoms with Gasteiger partial charge in [-0.3, -0.25) is 19.3 Å². The van der Waals surface area contributed by atoms with Crippen LogP contribution in [-0.2, 0) is 9.59 Å². The molecule has 208 valence electrons. The van der Waals surface area contributed by atoms with Crippen molar-refractivity contribution in [2.75, 3.05) is 14.1 Å². The minimum atomic E-state index is -2.97. The Balaban J connectivity index is 1.88. The minimum Gasteiger partial charge on any atom is -0.510 e. The Morgan fingerprint density at radius 2 is 1.68 bits per heavy atom. The van der Waals surface area contributed by atoms with E-state index in [2.05, 4.69) is 0 Å². The van der Waals surface area contributed by atoms with Crippen molar-refractivity contribution in [3.8, 4) is 5.75 Å². The van der Waals surface area contributed by atoms with Gasteiger partial charge >= 0.3 is 0 Å². The Bertz CT molecular complexity index is 1580. The van der Waals surface area contributed by atoms with Crippen molar-refractivity contribution in [2.24, 2.45) is 17.6 Å². The number of aliphatic hydroxyl groups excluding tert-OH is 3. The number of nitrogens with two attached hydrogens (primary N) is 1. The van der Waals surface area contributed by atoms with E-state index in [1.165, 1.54) is 31.1 Å². The zero-order valence-corrected chi connectivity index (χ0v) is 22.3. The molecule has 1 amide bonds. The number of aromatic hydroxyl groups is 1. The lowest BCUT2D eigenvalue weighted by molar-refractivity contribution is -0.159. The zero-order chi connectivity index (χ0) is 29.4. The maximum absolute atomic E-state index is 13.9. The maximum atomic E-state index is 13.9. The van der Waals surface area contributed by atoms with E-state index < -0.39 is 75.5 Å². The highest BCUT2D eigenvalue weighted by molar-refractivity contribution is 6.25. The molecular weight excluding hydrogens is 516 g/mol. The molecule has 0 saturated carbocycles. The summed E-state index contributed by atoms with van der Waals surface area (Å²) in [6.45, 7) is 3.82. The lowest BCUT2D eigenvalue weighted by atomic mass is 9.56. The van der Waals surface area contributed by atoms with E-state index in [1.54, 1.807) is 12.1 Å². The van der Waals surface area contributed by atoms with Crippen LogP contribution >= 0.6 is 0 Å². The number of amides is 1. The Labute approximate surface area is 230 Å². The number of phenolic OH excluding ortho intramolecular Hbond substituents is 1. The Kier molecular flexibility index (Phi) is 6.25. The monoisotopic (exact) mass is 546 g/mol. The average Bonchev–Trinajstić information content (AvgIpc) is 2.84. The summed E-state index contributed by atoms with van der Waals surface area (Å²) < 4.78 is 0. The van der Waals surface area contributed by atoms with Gasteiger partial charge in [-0.25, -0.2) is 0 Å². The Hall–Kier alpha value is -4.25. The quantitative estimate of drug-likeness (QED) is 0.312. The molecule has 40 heavy (non-hydrogen) atoms. The van der Waals surface area contributed by atoms with Crippen LogP contribution in [0.4, 0.5) is 0 Å². The normalized spacial score (nSPS) is 29.0. The third-order valence-electron chi connectivity index (χ3n) is 8.10. The highest BCUT2D eigenvalue weighted by Gasteiger charge is 2.67. The molecule has 0 saturated heterocycles. The maximum Gasteiger partial charge on any atom is 0.255 e. The number of rotatable bonds is 3. The molecule has 3 aliphatic carbocycles. The summed E-state index contributed by atoms with van der Waals surface area (Å²) in [5, 5.41) is 57.1. The van der Waals surface area contributed by atoms with Crippen LogP contribution < -0.4 is 5.73 Å². The van der Waals surface area contributed by atoms with E-state index in [4.69, 9.17) is 5.73 Å². The predicted octanol–water partition coefficient (Wildman–Crippen LogP) is 1.71. The first-order chi connectivity index (χ1) is 18.7. The SMILES string of the molecule is Cc1cc(C)cc(/C=C2\c3cccc(O)c3C(=O)C3=C(O)[C@]4(O)C(=O)C(C(N)=O)=C(O)[C@@H](N(C)C)[C@@H]4[C@@H](O)[C@@H]32)c1. The van der Waals surface area contributed by atoms with Crippen molar-refractivity contribution in [1.82, 2.24) is 4.90 Å². The van der Waals surface area contributed by atoms with Gasteiger partial charge in [0.1, 0.15) is 22.8 Å². The molecule has 10 nitrogen and oxygen atoms in total. The molecule has 3 aliphatic rings. The van der Waals surface area contributed by atoms with Crippen LogP contribution in [-0.4, -0.2) is 79.7 Å². The summed E-state index contributed by atoms with van der Waals surface area (Å²) >= 11 is 0. The lowest BCUT2D eigenvalue weighted by Crippen LogP contribution is -2.68. The number of Topliss-reactive ketones (excluding diaryl/α,β-unsaturated/α-hetero) is 2. The van der Waals surface area contributed by atoms with Crippen molar-refractivity contribution < 1.29 is 39.9 Å². The topological polar surface area (TPSA) is 182 Å². The second-order valence-electron chi connectivity index (χ2n) is 10.9. The number of ketones is 2. The molecule has 0 aromatic heterocycles. The molecule has 2 aromatic carbocycles. The highest BCUT2D eigenvalue weighted by atomic mass is 16.4. The molecule has 0 spiro atoms. The first-order valence-corrected chi connectivity index (χ1v) is 12.7. The second-order valence-corrected chi connectivity index (χ2v) is 10.9. The number of phenols is 1. The Morgan fingerprint density at radius 1 is 1.05 bits per heavy atom. The van der Waals surface area contributed by atoms with Gasteiger partial charge in [-0.2, -0.15) is 0 Å². The van der Waals surface area contributed by atoms with Crippen LogP contribution in [0.15, 0.2) is 59.1 Å². The molecule has 5 atom stereocenters. The molecule has 10 heteroatoms. The highest BCUT2D eigenvalue weighted by Crippen LogP contribution is 2.55. The minimum absolute atomic E-state index is 0.175. The number of likely N-dealkylation sites (N-methyl/N-ethyl adjacent to an activating group) is 1. The summed E-state index contributed by atoms with van der Waals surface area (Å²) in [5.41, 5.74) is 4.06. The van der Waals surface area contributed by atoms with Crippen LogP contribution in [0.2, 0.25) is 0 Å². The van der Waals surface area contributed by atoms with E-state index in [-0.39, 0.29) is 5.56 Å². The van der Waals surface area contributed by atoms with Crippen LogP contribution in [0.3, 0.4) is 0 Å². The van der Waals surface area contributed by atoms with E-state index in [0.29, 0.717) is 16.7 Å². The largest absolute Gasteiger partial charge is 0.510 e. The zero-order valence-electron chi connectivity index (χ0n) is 22.3. The van der Waals surface area contributed by atoms with Gasteiger partial charge in [0, 0.05) is 5.92 Å². The number of carbonyl (C=O) groups excluding carboxylic acids is 3. The smallest absolute Gasteiger partial charge is 0.255 e. The van der Waals surface area contributed by atoms with Crippen molar-refractivity contribution in [3.63, 3.8) is 0 Å². The molecule has 0 bridgehead atoms. The van der Waals surface area contributed by atoms with Crippen molar-refractivity contribution in [2.45, 2.75) is 31.6 Å². The third-order valence-corrected chi connectivity index (χ3v) is 8.10. The Morgan fingerprint density at radius 3 is 2.25 bits per heavy atom. The number of carbonyl (C=O) groups is 3. The van der Waals surface area contributed by atoms with E-state index in [9.17, 15) is 39.9 Å². The van der Waals surface area contributed by atoms with Gasteiger partial charge in [0.25, 0.3) is 5.91 Å². The fraction of sp³-hybridized carbons (Fsp3) is 0.300. The lowest BCUT2D eigenvalue weighted by Gasteiger charge is -2.52. The molecule has 0 aliphatic heterocycles. The number of primary amides is 1. The number of benzene rings is 2. The number of hydrogen-bond donors (Lipinski definition) is 6. The van der Waals surface area contributed by atoms with Crippen molar-refractivity contribution in [1.29, 1.82) is 0 Å². The van der Waals surface area contributed by atoms with Crippen LogP contribution in [0.1, 0.15) is 32.6 Å². The van der Waals surface area contributed by atoms with Crippen LogP contribution in [0.25, 0.3) is 11.6 Å². The number of fused-ring (bicyclic) bond motifs is 3. The number of aliphatic hydroxyl groups is 4. The molecule has 0 unspecified atom stereocenters. The fourth-order valence-electron chi connectivity index (χ4n) is 6.59. The molecule has 7 N–H and O–H groups in total. The first-order valence-electron chi connectivity index (χ1n) is 12.7. The first kappa shape index (κ1) is 27.3. The van der Waals surface area contributed by atoms with Gasteiger partial charge in [0.2, 0.25) is 5.78 Å². The standard InChI is InChI=1S/C30H30N2O8/c1-12-8-13(2)10-14(9-12)11-16-15-6-5-7-17(33)18(15)24(34)20-19(16)25(35)22-23(32(3)4)26(36)21(29(31)39)28(38)30(22,40)27(20)37/h5-11,19,22-23,25,33,35-37,40H,1-4H3,(H2,31,39)/b16-11+/t19-,22-,23+,25+,30+/m1/s1. The fourth-order valence-corrected chi connectivity index (χ4v) is 6.59. The number of hydrogen-bond acceptors (Lipinski definition) is 9. The van der Waals surface area contributed by atoms with E-state index in [1.807, 2.05) is 32.0 Å². The van der Waals surface area contributed by atoms with Gasteiger partial charge < -0.3 is 31.3 Å². The molecular formula is C30H30N2O8. The van der Waals surface area contributed by atoms with Crippen LogP contribution in [0, 0.1) is 25.7 Å². The van der Waals surface area contributed by atoms with Gasteiger partial charge in [-0.15, -0.1) is 0 Å². The second kappa shape index (κ2) is 9.16. The van der Waals surface area contributed by atoms with Gasteiger partial charge in [0.05, 0.1) is 29.2 Å². The van der Waals surface area contributed by atoms with Crippen LogP contribution in [0.5, 0.6) is 5.75 Å². The summed E-state index contributed by atoms with van der Waals surface area (Å²) in [7, 11) is 2.98. The number of aryl methyl sites for hydroxylation is 2. The third kappa shape index (κ3) is 3.64.